The highest BCUT2D eigenvalue weighted by molar-refractivity contribution is 5.84. The number of hydrogen-bond donors (Lipinski definition) is 4. The molecule has 19 heavy (non-hydrogen) atoms. The molecular weight excluding hydrogens is 254 g/mol. The van der Waals surface area contributed by atoms with Gasteiger partial charge in [-0.15, -0.1) is 0 Å². The normalized spacial score (nSPS) is 20.5. The number of carboxylic acid groups (broad SMARTS) is 1. The average Bonchev–Trinajstić information content (AvgIpc) is 2.35. The molecule has 8 heteroatoms. The Kier molecular flexibility index (Phi) is 6.23. The zero-order chi connectivity index (χ0) is 14.3. The van der Waals surface area contributed by atoms with E-state index in [4.69, 9.17) is 15.6 Å². The van der Waals surface area contributed by atoms with Gasteiger partial charge in [0.2, 0.25) is 11.8 Å². The first kappa shape index (κ1) is 15.4. The predicted molar refractivity (Wildman–Crippen MR) is 65.2 cm³/mol. The number of nitrogens with one attached hydrogen (secondary N) is 2. The molecule has 0 aromatic heterocycles. The van der Waals surface area contributed by atoms with Gasteiger partial charge in [0.05, 0.1) is 19.1 Å². The molecule has 108 valence electrons. The fourth-order valence-corrected chi connectivity index (χ4v) is 1.75. The van der Waals surface area contributed by atoms with E-state index >= 15 is 0 Å². The summed E-state index contributed by atoms with van der Waals surface area (Å²) < 4.78 is 5.34. The largest absolute Gasteiger partial charge is 0.480 e. The van der Waals surface area contributed by atoms with E-state index < -0.39 is 23.8 Å². The number of carbonyl (C=O) groups excluding carboxylic acids is 2. The highest BCUT2D eigenvalue weighted by Crippen LogP contribution is 2.03. The van der Waals surface area contributed by atoms with Crippen molar-refractivity contribution in [1.29, 1.82) is 0 Å². The Bertz CT molecular complexity index is 341. The third-order valence-corrected chi connectivity index (χ3v) is 2.73. The number of carboxylic acids is 1. The minimum atomic E-state index is -1.18. The summed E-state index contributed by atoms with van der Waals surface area (Å²) in [6.07, 6.45) is -0.258. The summed E-state index contributed by atoms with van der Waals surface area (Å²) in [5.74, 6) is -2.19. The minimum Gasteiger partial charge on any atom is -0.480 e. The summed E-state index contributed by atoms with van der Waals surface area (Å²) in [5, 5.41) is 14.4. The van der Waals surface area contributed by atoms with E-state index in [1.165, 1.54) is 0 Å². The Labute approximate surface area is 110 Å². The van der Waals surface area contributed by atoms with Gasteiger partial charge in [0.15, 0.2) is 0 Å². The quantitative estimate of drug-likeness (QED) is 0.433. The molecule has 5 N–H and O–H groups in total. The second-order valence-corrected chi connectivity index (χ2v) is 4.36. The highest BCUT2D eigenvalue weighted by atomic mass is 16.5. The van der Waals surface area contributed by atoms with Crippen LogP contribution >= 0.6 is 0 Å². The van der Waals surface area contributed by atoms with Gasteiger partial charge in [-0.25, -0.2) is 4.79 Å². The van der Waals surface area contributed by atoms with Crippen LogP contribution in [0.25, 0.3) is 0 Å². The van der Waals surface area contributed by atoms with Gasteiger partial charge in [0, 0.05) is 19.5 Å². The number of nitrogens with two attached hydrogens (primary N) is 1. The molecule has 1 heterocycles. The van der Waals surface area contributed by atoms with Crippen LogP contribution in [0.5, 0.6) is 0 Å². The molecule has 0 aromatic carbocycles. The third-order valence-electron chi connectivity index (χ3n) is 2.73. The summed E-state index contributed by atoms with van der Waals surface area (Å²) >= 11 is 0. The van der Waals surface area contributed by atoms with Gasteiger partial charge in [-0.05, 0) is 6.42 Å². The maximum Gasteiger partial charge on any atom is 0.326 e. The van der Waals surface area contributed by atoms with Crippen LogP contribution in [0.3, 0.4) is 0 Å². The lowest BCUT2D eigenvalue weighted by Crippen LogP contribution is -2.45. The van der Waals surface area contributed by atoms with Crippen LogP contribution in [0.4, 0.5) is 0 Å². The lowest BCUT2D eigenvalue weighted by molar-refractivity contribution is -0.142. The topological polar surface area (TPSA) is 131 Å². The van der Waals surface area contributed by atoms with E-state index in [-0.39, 0.29) is 25.4 Å². The molecule has 0 aromatic rings. The SMILES string of the molecule is NC(=O)CC[C@H](NC(=O)CC1CNCCO1)C(=O)O. The molecule has 0 spiro atoms. The maximum atomic E-state index is 11.7. The zero-order valence-electron chi connectivity index (χ0n) is 10.6. The van der Waals surface area contributed by atoms with Crippen LogP contribution in [-0.4, -0.2) is 54.7 Å². The second-order valence-electron chi connectivity index (χ2n) is 4.36. The molecule has 2 atom stereocenters. The second kappa shape index (κ2) is 7.70. The molecule has 0 radical (unpaired) electrons. The smallest absolute Gasteiger partial charge is 0.326 e. The van der Waals surface area contributed by atoms with E-state index in [1.807, 2.05) is 0 Å². The van der Waals surface area contributed by atoms with Gasteiger partial charge in [-0.1, -0.05) is 0 Å². The molecular formula is C11H19N3O5. The lowest BCUT2D eigenvalue weighted by atomic mass is 10.1. The molecule has 0 aliphatic carbocycles. The number of amides is 2. The summed E-state index contributed by atoms with van der Waals surface area (Å²) in [6, 6.07) is -1.10. The van der Waals surface area contributed by atoms with Crippen LogP contribution in [0.1, 0.15) is 19.3 Å². The number of rotatable bonds is 7. The Balaban J connectivity index is 2.37. The fraction of sp³-hybridized carbons (Fsp3) is 0.727. The Morgan fingerprint density at radius 2 is 2.21 bits per heavy atom. The number of morpholine rings is 1. The van der Waals surface area contributed by atoms with Crippen molar-refractivity contribution in [2.24, 2.45) is 5.73 Å². The van der Waals surface area contributed by atoms with Gasteiger partial charge in [0.1, 0.15) is 6.04 Å². The van der Waals surface area contributed by atoms with Gasteiger partial charge in [-0.2, -0.15) is 0 Å². The molecule has 1 rings (SSSR count). The summed E-state index contributed by atoms with van der Waals surface area (Å²) in [7, 11) is 0. The molecule has 1 aliphatic heterocycles. The highest BCUT2D eigenvalue weighted by Gasteiger charge is 2.23. The van der Waals surface area contributed by atoms with Gasteiger partial charge in [-0.3, -0.25) is 9.59 Å². The molecule has 1 unspecified atom stereocenters. The zero-order valence-corrected chi connectivity index (χ0v) is 10.6. The molecule has 0 bridgehead atoms. The molecule has 1 aliphatic rings. The third kappa shape index (κ3) is 6.16. The number of carbonyl (C=O) groups is 3. The van der Waals surface area contributed by atoms with Crippen molar-refractivity contribution >= 4 is 17.8 Å². The van der Waals surface area contributed by atoms with Crippen molar-refractivity contribution in [3.05, 3.63) is 0 Å². The van der Waals surface area contributed by atoms with Crippen LogP contribution in [0, 0.1) is 0 Å². The van der Waals surface area contributed by atoms with Gasteiger partial charge in [0.25, 0.3) is 0 Å². The minimum absolute atomic E-state index is 0.0137. The molecule has 0 saturated carbocycles. The Morgan fingerprint density at radius 1 is 1.47 bits per heavy atom. The van der Waals surface area contributed by atoms with Crippen molar-refractivity contribution in [3.8, 4) is 0 Å². The van der Waals surface area contributed by atoms with E-state index in [0.29, 0.717) is 13.2 Å². The van der Waals surface area contributed by atoms with Crippen molar-refractivity contribution < 1.29 is 24.2 Å². The number of hydrogen-bond acceptors (Lipinski definition) is 5. The van der Waals surface area contributed by atoms with E-state index in [2.05, 4.69) is 10.6 Å². The summed E-state index contributed by atoms with van der Waals surface area (Å²) in [4.78, 5) is 33.2. The van der Waals surface area contributed by atoms with Crippen molar-refractivity contribution in [2.75, 3.05) is 19.7 Å². The fourth-order valence-electron chi connectivity index (χ4n) is 1.75. The number of primary amides is 1. The monoisotopic (exact) mass is 273 g/mol. The van der Waals surface area contributed by atoms with E-state index in [9.17, 15) is 14.4 Å². The Morgan fingerprint density at radius 3 is 2.74 bits per heavy atom. The van der Waals surface area contributed by atoms with Crippen LogP contribution in [0.15, 0.2) is 0 Å². The lowest BCUT2D eigenvalue weighted by Gasteiger charge is -2.23. The maximum absolute atomic E-state index is 11.7. The first-order valence-electron chi connectivity index (χ1n) is 6.12. The van der Waals surface area contributed by atoms with Crippen molar-refractivity contribution in [3.63, 3.8) is 0 Å². The van der Waals surface area contributed by atoms with E-state index in [0.717, 1.165) is 6.54 Å². The Hall–Kier alpha value is -1.67. The van der Waals surface area contributed by atoms with Gasteiger partial charge >= 0.3 is 5.97 Å². The molecule has 1 fully saturated rings. The predicted octanol–water partition coefficient (Wildman–Crippen LogP) is -1.80. The first-order valence-corrected chi connectivity index (χ1v) is 6.12. The number of aliphatic carboxylic acids is 1. The molecule has 2 amide bonds. The first-order chi connectivity index (χ1) is 8.99. The summed E-state index contributed by atoms with van der Waals surface area (Å²) in [6.45, 7) is 1.84. The average molecular weight is 273 g/mol. The molecule has 1 saturated heterocycles. The molecule has 8 nitrogen and oxygen atoms in total. The van der Waals surface area contributed by atoms with Gasteiger partial charge < -0.3 is 26.2 Å². The van der Waals surface area contributed by atoms with Crippen LogP contribution < -0.4 is 16.4 Å². The van der Waals surface area contributed by atoms with Crippen molar-refractivity contribution in [1.82, 2.24) is 10.6 Å². The van der Waals surface area contributed by atoms with Crippen LogP contribution in [-0.2, 0) is 19.1 Å². The van der Waals surface area contributed by atoms with E-state index in [1.54, 1.807) is 0 Å². The van der Waals surface area contributed by atoms with Crippen molar-refractivity contribution in [2.45, 2.75) is 31.4 Å². The van der Waals surface area contributed by atoms with Crippen LogP contribution in [0.2, 0.25) is 0 Å². The standard InChI is InChI=1S/C11H19N3O5/c12-9(15)2-1-8(11(17)18)14-10(16)5-7-6-13-3-4-19-7/h7-8,13H,1-6H2,(H2,12,15)(H,14,16)(H,17,18)/t7?,8-/m0/s1. The summed E-state index contributed by atoms with van der Waals surface area (Å²) in [5.41, 5.74) is 4.95. The number of ether oxygens (including phenoxy) is 1.